The van der Waals surface area contributed by atoms with Crippen LogP contribution >= 0.6 is 0 Å². The molecule has 3 rings (SSSR count). The number of aromatic nitrogens is 6. The molecule has 0 spiro atoms. The fourth-order valence-corrected chi connectivity index (χ4v) is 7.20. The van der Waals surface area contributed by atoms with Crippen LogP contribution in [-0.4, -0.2) is 199 Å². The lowest BCUT2D eigenvalue weighted by Crippen LogP contribution is -2.58. The Balaban J connectivity index is 1.67. The summed E-state index contributed by atoms with van der Waals surface area (Å²) in [6.07, 6.45) is 6.53. The predicted molar refractivity (Wildman–Crippen MR) is 274 cm³/mol. The average molecular weight is 1130 g/mol. The first kappa shape index (κ1) is 64.9. The SMILES string of the molecule is CC(C)[C@H](NC(=O)CN)C(=O)N[C@@H](CO)C(=O)NCC(=O)N[C@@H](Cc1cnc[nH]1)C(=O)NCC(=O)N[C@@H](CCC(N)=O)C(=O)N[C@@H](Cc1cnc[nH]1)C(=O)NCC(=O)N[C@H](C(=O)N[C@@H](Cc1cnc[nH]1)C(=O)NCC(=O)O)C(C)C. The Labute approximate surface area is 456 Å². The molecule has 80 heavy (non-hydrogen) atoms. The van der Waals surface area contributed by atoms with Gasteiger partial charge in [-0.1, -0.05) is 27.7 Å². The first-order valence-electron chi connectivity index (χ1n) is 24.8. The van der Waals surface area contributed by atoms with Crippen LogP contribution in [0.15, 0.2) is 37.6 Å². The number of aliphatic carboxylic acids is 1. The number of aromatic amines is 3. The highest BCUT2D eigenvalue weighted by atomic mass is 16.4. The summed E-state index contributed by atoms with van der Waals surface area (Å²) in [6.45, 7) is 2.02. The normalized spacial score (nSPS) is 13.6. The fraction of sp³-hybridized carbons (Fsp3) is 0.522. The molecule has 3 heterocycles. The van der Waals surface area contributed by atoms with Gasteiger partial charge in [0.2, 0.25) is 70.9 Å². The van der Waals surface area contributed by atoms with Crippen molar-refractivity contribution in [1.29, 1.82) is 0 Å². The van der Waals surface area contributed by atoms with Crippen LogP contribution in [0.25, 0.3) is 0 Å². The van der Waals surface area contributed by atoms with Crippen LogP contribution in [-0.2, 0) is 81.6 Å². The van der Waals surface area contributed by atoms with Gasteiger partial charge in [0.1, 0.15) is 48.8 Å². The van der Waals surface area contributed by atoms with E-state index in [1.165, 1.54) is 37.6 Å². The lowest BCUT2D eigenvalue weighted by atomic mass is 10.0. The highest BCUT2D eigenvalue weighted by Crippen LogP contribution is 2.08. The summed E-state index contributed by atoms with van der Waals surface area (Å²) in [5, 5.41) is 45.0. The van der Waals surface area contributed by atoms with Gasteiger partial charge >= 0.3 is 5.97 Å². The van der Waals surface area contributed by atoms with Crippen molar-refractivity contribution >= 4 is 76.9 Å². The molecule has 0 saturated carbocycles. The van der Waals surface area contributed by atoms with Crippen LogP contribution in [0.5, 0.6) is 0 Å². The van der Waals surface area contributed by atoms with E-state index in [0.717, 1.165) is 0 Å². The lowest BCUT2D eigenvalue weighted by molar-refractivity contribution is -0.138. The zero-order chi connectivity index (χ0) is 59.5. The van der Waals surface area contributed by atoms with Gasteiger partial charge in [-0.25, -0.2) is 15.0 Å². The van der Waals surface area contributed by atoms with Gasteiger partial charge in [0.05, 0.1) is 51.8 Å². The van der Waals surface area contributed by atoms with Crippen LogP contribution in [0.4, 0.5) is 0 Å². The summed E-state index contributed by atoms with van der Waals surface area (Å²) < 4.78 is 0. The van der Waals surface area contributed by atoms with E-state index in [-0.39, 0.29) is 19.3 Å². The number of carboxylic acids is 1. The smallest absolute Gasteiger partial charge is 0.322 e. The van der Waals surface area contributed by atoms with Crippen molar-refractivity contribution in [2.75, 3.05) is 39.3 Å². The van der Waals surface area contributed by atoms with Crippen LogP contribution in [0.1, 0.15) is 57.6 Å². The summed E-state index contributed by atoms with van der Waals surface area (Å²) in [5.74, 6) is -13.1. The third kappa shape index (κ3) is 23.1. The molecule has 0 aromatic carbocycles. The molecular formula is C46H69N19O15. The number of H-pyrrole nitrogens is 3. The molecule has 0 bridgehead atoms. The van der Waals surface area contributed by atoms with Gasteiger partial charge < -0.3 is 95.1 Å². The maximum absolute atomic E-state index is 13.9. The second kappa shape index (κ2) is 33.1. The van der Waals surface area contributed by atoms with Gasteiger partial charge in [-0.3, -0.25) is 62.3 Å². The number of nitrogens with one attached hydrogen (secondary N) is 14. The number of imidazole rings is 3. The van der Waals surface area contributed by atoms with E-state index in [0.29, 0.717) is 17.1 Å². The monoisotopic (exact) mass is 1130 g/mol. The highest BCUT2D eigenvalue weighted by molar-refractivity contribution is 5.98. The third-order valence-electron chi connectivity index (χ3n) is 11.4. The van der Waals surface area contributed by atoms with E-state index in [9.17, 15) is 67.4 Å². The number of amides is 12. The molecule has 0 saturated heterocycles. The van der Waals surface area contributed by atoms with Crippen molar-refractivity contribution in [3.05, 3.63) is 54.7 Å². The van der Waals surface area contributed by atoms with Gasteiger partial charge in [0.15, 0.2) is 0 Å². The number of aliphatic hydroxyl groups is 1. The molecule has 7 atom stereocenters. The number of aliphatic hydroxyl groups excluding tert-OH is 1. The second-order valence-corrected chi connectivity index (χ2v) is 18.5. The number of nitrogens with two attached hydrogens (primary N) is 2. The first-order chi connectivity index (χ1) is 37.9. The Morgan fingerprint density at radius 2 is 0.825 bits per heavy atom. The molecule has 12 amide bonds. The van der Waals surface area contributed by atoms with E-state index in [1.54, 1.807) is 27.7 Å². The summed E-state index contributed by atoms with van der Waals surface area (Å²) in [6, 6.07) is -9.75. The molecule has 3 aromatic rings. The molecule has 438 valence electrons. The van der Waals surface area contributed by atoms with Gasteiger partial charge in [-0.2, -0.15) is 0 Å². The van der Waals surface area contributed by atoms with Crippen LogP contribution in [0.2, 0.25) is 0 Å². The Kier molecular flexibility index (Phi) is 26.8. The Morgan fingerprint density at radius 1 is 0.475 bits per heavy atom. The second-order valence-electron chi connectivity index (χ2n) is 18.5. The maximum atomic E-state index is 13.9. The molecule has 0 unspecified atom stereocenters. The van der Waals surface area contributed by atoms with Crippen LogP contribution in [0, 0.1) is 11.8 Å². The largest absolute Gasteiger partial charge is 0.480 e. The van der Waals surface area contributed by atoms with E-state index < -0.39 is 183 Å². The molecule has 0 aliphatic carbocycles. The molecular weight excluding hydrogens is 1060 g/mol. The number of rotatable bonds is 35. The first-order valence-corrected chi connectivity index (χ1v) is 24.8. The molecule has 34 nitrogen and oxygen atoms in total. The fourth-order valence-electron chi connectivity index (χ4n) is 7.20. The van der Waals surface area contributed by atoms with E-state index in [2.05, 4.69) is 88.4 Å². The van der Waals surface area contributed by atoms with Gasteiger partial charge in [0, 0.05) is 61.4 Å². The average Bonchev–Trinajstić information content (AvgIpc) is 4.25. The number of hydrogen-bond acceptors (Lipinski definition) is 18. The Morgan fingerprint density at radius 3 is 1.19 bits per heavy atom. The van der Waals surface area contributed by atoms with E-state index in [1.807, 2.05) is 0 Å². The van der Waals surface area contributed by atoms with Crippen LogP contribution in [0.3, 0.4) is 0 Å². The zero-order valence-electron chi connectivity index (χ0n) is 44.1. The summed E-state index contributed by atoms with van der Waals surface area (Å²) in [4.78, 5) is 188. The molecule has 0 aliphatic rings. The van der Waals surface area contributed by atoms with Crippen molar-refractivity contribution in [2.24, 2.45) is 23.3 Å². The third-order valence-corrected chi connectivity index (χ3v) is 11.4. The minimum atomic E-state index is -1.57. The van der Waals surface area contributed by atoms with Gasteiger partial charge in [0.25, 0.3) is 0 Å². The lowest BCUT2D eigenvalue weighted by Gasteiger charge is -2.25. The topological polar surface area (TPSA) is 533 Å². The number of carboxylic acid groups (broad SMARTS) is 1. The maximum Gasteiger partial charge on any atom is 0.322 e. The minimum absolute atomic E-state index is 0.123. The van der Waals surface area contributed by atoms with Gasteiger partial charge in [-0.05, 0) is 18.3 Å². The molecule has 0 radical (unpaired) electrons. The summed E-state index contributed by atoms with van der Waals surface area (Å²) in [5.41, 5.74) is 11.8. The van der Waals surface area contributed by atoms with Crippen molar-refractivity contribution in [3.63, 3.8) is 0 Å². The highest BCUT2D eigenvalue weighted by Gasteiger charge is 2.33. The van der Waals surface area contributed by atoms with Crippen molar-refractivity contribution in [3.8, 4) is 0 Å². The number of primary amides is 1. The number of carbonyl (C=O) groups excluding carboxylic acids is 12. The minimum Gasteiger partial charge on any atom is -0.480 e. The van der Waals surface area contributed by atoms with Crippen molar-refractivity contribution in [2.45, 2.75) is 102 Å². The predicted octanol–water partition coefficient (Wildman–Crippen LogP) is -8.64. The Bertz CT molecular complexity index is 2590. The molecule has 3 aromatic heterocycles. The molecule has 0 fully saturated rings. The van der Waals surface area contributed by atoms with Gasteiger partial charge in [-0.15, -0.1) is 0 Å². The number of hydrogen-bond donors (Lipinski definition) is 18. The number of carbonyl (C=O) groups is 13. The molecule has 34 heteroatoms. The number of nitrogens with zero attached hydrogens (tertiary/aromatic N) is 3. The summed E-state index contributed by atoms with van der Waals surface area (Å²) in [7, 11) is 0. The molecule has 20 N–H and O–H groups in total. The van der Waals surface area contributed by atoms with E-state index >= 15 is 0 Å². The zero-order valence-corrected chi connectivity index (χ0v) is 44.1. The van der Waals surface area contributed by atoms with E-state index in [4.69, 9.17) is 16.6 Å². The summed E-state index contributed by atoms with van der Waals surface area (Å²) >= 11 is 0. The quantitative estimate of drug-likeness (QED) is 0.0260. The molecule has 0 aliphatic heterocycles. The van der Waals surface area contributed by atoms with Crippen molar-refractivity contribution < 1.29 is 72.5 Å². The Hall–Kier alpha value is -9.34. The van der Waals surface area contributed by atoms with Crippen molar-refractivity contribution in [1.82, 2.24) is 88.4 Å². The van der Waals surface area contributed by atoms with Crippen LogP contribution < -0.4 is 70.0 Å². The standard InChI is InChI=1S/C46H69N19O15/c1-22(2)38(64-33(68)10-47)46(80)63-31(18-66)43(77)54-15-35(70)60-28(7-24-11-49-19-56-24)40(74)52-14-34(69)59-27(5-6-32(48)67)44(78)61-29(8-25-12-50-20-57-25)41(75)53-16-36(71)65-39(23(3)4)45(79)62-30(9-26-13-51-21-58-26)42(76)55-17-37(72)73/h11-13,19-23,27-31,38-39,66H,5-10,14-18,47H2,1-4H3,(H2,48,67)(H,49,56)(H,50,57)(H,51,58)(H,52,74)(H,53,75)(H,54,77)(H,55,76)(H,59,69)(H,60,70)(H,61,78)(H,62,79)(H,63,80)(H,64,68)(H,65,71)(H,72,73)/t27-,28-,29-,30-,31-,38-,39-/m0/s1.